The highest BCUT2D eigenvalue weighted by atomic mass is 16.5. The van der Waals surface area contributed by atoms with E-state index in [1.54, 1.807) is 12.3 Å². The second-order valence-corrected chi connectivity index (χ2v) is 10.6. The Labute approximate surface area is 234 Å². The molecule has 3 fully saturated rings. The van der Waals surface area contributed by atoms with Crippen LogP contribution in [-0.4, -0.2) is 103 Å². The monoisotopic (exact) mass is 550 g/mol. The SMILES string of the molecule is Oc1cnc2cc(N3CCOCC3)nc(O[C@H]3CC[C@@H](Nc4ccc(OCCN5CCOCC5)cn4)CC3)c2c1. The molecule has 2 aliphatic heterocycles. The fourth-order valence-corrected chi connectivity index (χ4v) is 5.47. The summed E-state index contributed by atoms with van der Waals surface area (Å²) in [7, 11) is 0. The van der Waals surface area contributed by atoms with Crippen molar-refractivity contribution in [1.82, 2.24) is 19.9 Å². The number of nitrogens with one attached hydrogen (secondary N) is 1. The third-order valence-electron chi connectivity index (χ3n) is 7.77. The zero-order valence-corrected chi connectivity index (χ0v) is 22.8. The second-order valence-electron chi connectivity index (χ2n) is 10.6. The molecule has 0 bridgehead atoms. The number of anilines is 2. The lowest BCUT2D eigenvalue weighted by Gasteiger charge is -2.31. The molecule has 0 aromatic carbocycles. The van der Waals surface area contributed by atoms with E-state index in [4.69, 9.17) is 23.9 Å². The van der Waals surface area contributed by atoms with E-state index in [2.05, 4.69) is 25.1 Å². The Kier molecular flexibility index (Phi) is 8.60. The third kappa shape index (κ3) is 6.83. The Morgan fingerprint density at radius 1 is 0.925 bits per heavy atom. The van der Waals surface area contributed by atoms with Gasteiger partial charge in [0.05, 0.1) is 49.7 Å². The smallest absolute Gasteiger partial charge is 0.225 e. The van der Waals surface area contributed by atoms with Crippen LogP contribution in [0.5, 0.6) is 17.4 Å². The molecule has 11 nitrogen and oxygen atoms in total. The van der Waals surface area contributed by atoms with Gasteiger partial charge in [-0.25, -0.2) is 4.98 Å². The summed E-state index contributed by atoms with van der Waals surface area (Å²) < 4.78 is 23.2. The molecule has 5 heterocycles. The molecule has 11 heteroatoms. The van der Waals surface area contributed by atoms with Crippen LogP contribution < -0.4 is 19.7 Å². The molecular weight excluding hydrogens is 512 g/mol. The predicted molar refractivity (Wildman–Crippen MR) is 152 cm³/mol. The maximum Gasteiger partial charge on any atom is 0.225 e. The number of nitrogens with zero attached hydrogens (tertiary/aromatic N) is 5. The zero-order valence-electron chi connectivity index (χ0n) is 22.8. The van der Waals surface area contributed by atoms with Crippen molar-refractivity contribution in [2.45, 2.75) is 37.8 Å². The van der Waals surface area contributed by atoms with Crippen molar-refractivity contribution < 1.29 is 24.1 Å². The second kappa shape index (κ2) is 12.8. The Morgan fingerprint density at radius 3 is 2.45 bits per heavy atom. The van der Waals surface area contributed by atoms with E-state index in [1.807, 2.05) is 18.2 Å². The summed E-state index contributed by atoms with van der Waals surface area (Å²) in [5, 5.41) is 14.4. The molecule has 3 aromatic rings. The first-order chi connectivity index (χ1) is 19.7. The van der Waals surface area contributed by atoms with Crippen molar-refractivity contribution >= 4 is 22.5 Å². The highest BCUT2D eigenvalue weighted by molar-refractivity contribution is 5.86. The fourth-order valence-electron chi connectivity index (χ4n) is 5.47. The maximum atomic E-state index is 10.1. The molecular formula is C29H38N6O5. The topological polar surface area (TPSA) is 114 Å². The van der Waals surface area contributed by atoms with Crippen LogP contribution in [0.4, 0.5) is 11.6 Å². The van der Waals surface area contributed by atoms with Crippen molar-refractivity contribution in [2.24, 2.45) is 0 Å². The molecule has 1 saturated carbocycles. The average molecular weight is 551 g/mol. The van der Waals surface area contributed by atoms with Gasteiger partial charge in [0.25, 0.3) is 0 Å². The molecule has 3 aliphatic rings. The van der Waals surface area contributed by atoms with E-state index < -0.39 is 0 Å². The Hall–Kier alpha value is -3.41. The van der Waals surface area contributed by atoms with E-state index in [9.17, 15) is 5.11 Å². The van der Waals surface area contributed by atoms with Gasteiger partial charge >= 0.3 is 0 Å². The van der Waals surface area contributed by atoms with Gasteiger partial charge in [-0.1, -0.05) is 0 Å². The number of fused-ring (bicyclic) bond motifs is 1. The van der Waals surface area contributed by atoms with Gasteiger partial charge in [-0.15, -0.1) is 0 Å². The molecule has 2 saturated heterocycles. The largest absolute Gasteiger partial charge is 0.506 e. The summed E-state index contributed by atoms with van der Waals surface area (Å²) in [6.45, 7) is 7.99. The molecule has 1 aliphatic carbocycles. The normalized spacial score (nSPS) is 22.2. The first-order valence-electron chi connectivity index (χ1n) is 14.3. The molecule has 0 atom stereocenters. The van der Waals surface area contributed by atoms with E-state index in [-0.39, 0.29) is 11.9 Å². The zero-order chi connectivity index (χ0) is 27.1. The van der Waals surface area contributed by atoms with Crippen LogP contribution in [0.1, 0.15) is 25.7 Å². The molecule has 6 rings (SSSR count). The van der Waals surface area contributed by atoms with Crippen LogP contribution in [0.25, 0.3) is 10.9 Å². The van der Waals surface area contributed by atoms with Crippen molar-refractivity contribution in [1.29, 1.82) is 0 Å². The van der Waals surface area contributed by atoms with Gasteiger partial charge in [-0.05, 0) is 43.9 Å². The lowest BCUT2D eigenvalue weighted by atomic mass is 9.93. The predicted octanol–water partition coefficient (Wildman–Crippen LogP) is 3.08. The Bertz CT molecular complexity index is 1240. The van der Waals surface area contributed by atoms with Crippen molar-refractivity contribution in [3.63, 3.8) is 0 Å². The van der Waals surface area contributed by atoms with Gasteiger partial charge in [0.15, 0.2) is 0 Å². The summed E-state index contributed by atoms with van der Waals surface area (Å²) in [4.78, 5) is 18.4. The molecule has 3 aromatic heterocycles. The first kappa shape index (κ1) is 26.8. The van der Waals surface area contributed by atoms with Gasteiger partial charge in [0.2, 0.25) is 5.88 Å². The summed E-state index contributed by atoms with van der Waals surface area (Å²) in [5.74, 6) is 3.11. The Morgan fingerprint density at radius 2 is 1.70 bits per heavy atom. The average Bonchev–Trinajstić information content (AvgIpc) is 3.00. The number of aromatic hydroxyl groups is 1. The van der Waals surface area contributed by atoms with Crippen LogP contribution in [0, 0.1) is 0 Å². The highest BCUT2D eigenvalue weighted by Gasteiger charge is 2.25. The van der Waals surface area contributed by atoms with Gasteiger partial charge in [-0.2, -0.15) is 4.98 Å². The number of hydrogen-bond donors (Lipinski definition) is 2. The summed E-state index contributed by atoms with van der Waals surface area (Å²) in [6.07, 6.45) is 7.03. The number of morpholine rings is 2. The minimum absolute atomic E-state index is 0.0474. The number of ether oxygens (including phenoxy) is 4. The minimum atomic E-state index is 0.0474. The van der Waals surface area contributed by atoms with E-state index in [0.717, 1.165) is 99.9 Å². The van der Waals surface area contributed by atoms with Gasteiger partial charge in [0, 0.05) is 44.8 Å². The van der Waals surface area contributed by atoms with Crippen LogP contribution in [0.2, 0.25) is 0 Å². The van der Waals surface area contributed by atoms with Gasteiger partial charge < -0.3 is 34.3 Å². The molecule has 0 radical (unpaired) electrons. The number of aromatic nitrogens is 3. The van der Waals surface area contributed by atoms with Crippen LogP contribution in [0.3, 0.4) is 0 Å². The van der Waals surface area contributed by atoms with Crippen molar-refractivity contribution in [2.75, 3.05) is 76.0 Å². The standard InChI is InChI=1S/C29H38N6O5/c36-22-17-25-26(30-19-22)18-28(35-10-14-38-15-11-35)33-29(25)40-23-3-1-21(2-4-23)32-27-6-5-24(20-31-27)39-16-9-34-7-12-37-13-8-34/h5-6,17-21,23,36H,1-4,7-16H2,(H,31,32)/t21-,23+. The van der Waals surface area contributed by atoms with Crippen LogP contribution in [0.15, 0.2) is 36.7 Å². The van der Waals surface area contributed by atoms with Crippen molar-refractivity contribution in [3.05, 3.63) is 36.7 Å². The number of rotatable bonds is 9. The van der Waals surface area contributed by atoms with Gasteiger partial charge in [0.1, 0.15) is 35.8 Å². The quantitative estimate of drug-likeness (QED) is 0.410. The lowest BCUT2D eigenvalue weighted by molar-refractivity contribution is 0.0322. The molecule has 0 spiro atoms. The minimum Gasteiger partial charge on any atom is -0.506 e. The number of hydrogen-bond acceptors (Lipinski definition) is 11. The fraction of sp³-hybridized carbons (Fsp3) is 0.552. The summed E-state index contributed by atoms with van der Waals surface area (Å²) in [6, 6.07) is 7.93. The third-order valence-corrected chi connectivity index (χ3v) is 7.77. The molecule has 0 unspecified atom stereocenters. The van der Waals surface area contributed by atoms with Gasteiger partial charge in [-0.3, -0.25) is 9.88 Å². The van der Waals surface area contributed by atoms with E-state index in [0.29, 0.717) is 31.7 Å². The van der Waals surface area contributed by atoms with Crippen LogP contribution in [-0.2, 0) is 9.47 Å². The number of pyridine rings is 3. The summed E-state index contributed by atoms with van der Waals surface area (Å²) in [5.41, 5.74) is 0.763. The van der Waals surface area contributed by atoms with Crippen LogP contribution >= 0.6 is 0 Å². The first-order valence-corrected chi connectivity index (χ1v) is 14.3. The molecule has 0 amide bonds. The maximum absolute atomic E-state index is 10.1. The Balaban J connectivity index is 1.01. The lowest BCUT2D eigenvalue weighted by Crippen LogP contribution is -2.38. The van der Waals surface area contributed by atoms with Crippen molar-refractivity contribution in [3.8, 4) is 17.4 Å². The van der Waals surface area contributed by atoms with E-state index in [1.165, 1.54) is 6.20 Å². The highest BCUT2D eigenvalue weighted by Crippen LogP contribution is 2.33. The molecule has 40 heavy (non-hydrogen) atoms. The van der Waals surface area contributed by atoms with E-state index >= 15 is 0 Å². The molecule has 214 valence electrons. The summed E-state index contributed by atoms with van der Waals surface area (Å²) >= 11 is 0. The molecule has 2 N–H and O–H groups in total.